The van der Waals surface area contributed by atoms with Gasteiger partial charge in [0.05, 0.1) is 11.1 Å². The van der Waals surface area contributed by atoms with Crippen LogP contribution in [-0.4, -0.2) is 26.4 Å². The first-order valence-electron chi connectivity index (χ1n) is 5.96. The van der Waals surface area contributed by atoms with Gasteiger partial charge in [0.25, 0.3) is 5.22 Å². The van der Waals surface area contributed by atoms with E-state index in [1.165, 1.54) is 12.5 Å². The summed E-state index contributed by atoms with van der Waals surface area (Å²) in [7, 11) is 0. The highest BCUT2D eigenvalue weighted by Gasteiger charge is 2.24. The van der Waals surface area contributed by atoms with Crippen LogP contribution in [0.5, 0.6) is 0 Å². The van der Waals surface area contributed by atoms with Crippen LogP contribution in [0.4, 0.5) is 11.6 Å². The van der Waals surface area contributed by atoms with E-state index in [0.717, 1.165) is 18.2 Å². The molecule has 0 amide bonds. The number of rotatable bonds is 6. The number of aromatic nitrogens is 3. The molecule has 8 nitrogen and oxygen atoms in total. The summed E-state index contributed by atoms with van der Waals surface area (Å²) < 4.78 is 5.08. The summed E-state index contributed by atoms with van der Waals surface area (Å²) >= 11 is 1.00. The van der Waals surface area contributed by atoms with Gasteiger partial charge in [-0.3, -0.25) is 10.1 Å². The van der Waals surface area contributed by atoms with Crippen LogP contribution in [0.3, 0.4) is 0 Å². The number of hydrogen-bond acceptors (Lipinski definition) is 8. The average molecular weight is 295 g/mol. The first kappa shape index (κ1) is 14.3. The molecule has 20 heavy (non-hydrogen) atoms. The van der Waals surface area contributed by atoms with E-state index in [0.29, 0.717) is 23.4 Å². The highest BCUT2D eigenvalue weighted by atomic mass is 32.2. The van der Waals surface area contributed by atoms with Crippen molar-refractivity contribution in [1.29, 1.82) is 0 Å². The van der Waals surface area contributed by atoms with E-state index >= 15 is 0 Å². The van der Waals surface area contributed by atoms with Crippen molar-refractivity contribution in [1.82, 2.24) is 15.0 Å². The molecule has 0 saturated carbocycles. The Hall–Kier alpha value is -2.16. The van der Waals surface area contributed by atoms with Gasteiger partial charge in [-0.05, 0) is 25.1 Å². The third kappa shape index (κ3) is 3.23. The largest absolute Gasteiger partial charge is 0.440 e. The van der Waals surface area contributed by atoms with Gasteiger partial charge in [-0.15, -0.1) is 0 Å². The maximum Gasteiger partial charge on any atom is 0.323 e. The van der Waals surface area contributed by atoms with Gasteiger partial charge in [-0.25, -0.2) is 9.97 Å². The molecule has 2 heterocycles. The third-order valence-electron chi connectivity index (χ3n) is 2.34. The van der Waals surface area contributed by atoms with Gasteiger partial charge in [0.15, 0.2) is 5.03 Å². The molecule has 2 aromatic heterocycles. The molecule has 0 bridgehead atoms. The average Bonchev–Trinajstić information content (AvgIpc) is 2.88. The number of oxazole rings is 1. The van der Waals surface area contributed by atoms with Gasteiger partial charge < -0.3 is 9.73 Å². The molecule has 0 aliphatic rings. The molecule has 0 unspecified atom stereocenters. The molecular weight excluding hydrogens is 282 g/mol. The fraction of sp³-hybridized carbons (Fsp3) is 0.364. The molecule has 0 saturated heterocycles. The Morgan fingerprint density at radius 2 is 2.30 bits per heavy atom. The Morgan fingerprint density at radius 1 is 1.50 bits per heavy atom. The fourth-order valence-corrected chi connectivity index (χ4v) is 2.32. The van der Waals surface area contributed by atoms with E-state index in [1.54, 1.807) is 6.92 Å². The van der Waals surface area contributed by atoms with Crippen molar-refractivity contribution in [2.24, 2.45) is 0 Å². The Morgan fingerprint density at radius 3 is 2.90 bits per heavy atom. The van der Waals surface area contributed by atoms with Crippen LogP contribution < -0.4 is 5.32 Å². The van der Waals surface area contributed by atoms with Gasteiger partial charge in [0.1, 0.15) is 12.0 Å². The van der Waals surface area contributed by atoms with E-state index in [9.17, 15) is 10.1 Å². The number of hydrogen-bond donors (Lipinski definition) is 1. The fourth-order valence-electron chi connectivity index (χ4n) is 1.48. The Bertz CT molecular complexity index is 602. The van der Waals surface area contributed by atoms with Crippen molar-refractivity contribution in [3.05, 3.63) is 28.3 Å². The molecule has 0 radical (unpaired) electrons. The predicted molar refractivity (Wildman–Crippen MR) is 72.8 cm³/mol. The number of nitro groups is 1. The number of nitrogens with one attached hydrogen (secondary N) is 1. The lowest BCUT2D eigenvalue weighted by molar-refractivity contribution is -0.389. The minimum atomic E-state index is -0.496. The SMILES string of the molecule is CCCNc1nc(C)c([N+](=O)[O-])c(Sc2ncco2)n1. The highest BCUT2D eigenvalue weighted by molar-refractivity contribution is 7.99. The minimum Gasteiger partial charge on any atom is -0.440 e. The molecule has 106 valence electrons. The summed E-state index contributed by atoms with van der Waals surface area (Å²) in [6.45, 7) is 4.28. The second-order valence-corrected chi connectivity index (χ2v) is 4.81. The van der Waals surface area contributed by atoms with E-state index in [4.69, 9.17) is 4.42 Å². The maximum absolute atomic E-state index is 11.1. The zero-order chi connectivity index (χ0) is 14.5. The summed E-state index contributed by atoms with van der Waals surface area (Å²) in [5.74, 6) is 0.365. The molecule has 0 spiro atoms. The summed E-state index contributed by atoms with van der Waals surface area (Å²) in [4.78, 5) is 22.8. The van der Waals surface area contributed by atoms with E-state index in [2.05, 4.69) is 20.3 Å². The lowest BCUT2D eigenvalue weighted by atomic mass is 10.4. The lowest BCUT2D eigenvalue weighted by Gasteiger charge is -2.07. The van der Waals surface area contributed by atoms with Gasteiger partial charge in [0, 0.05) is 6.54 Å². The van der Waals surface area contributed by atoms with Gasteiger partial charge in [0.2, 0.25) is 5.95 Å². The maximum atomic E-state index is 11.1. The van der Waals surface area contributed by atoms with Crippen LogP contribution >= 0.6 is 11.8 Å². The second kappa shape index (κ2) is 6.33. The molecule has 0 aromatic carbocycles. The molecule has 2 rings (SSSR count). The van der Waals surface area contributed by atoms with Crippen LogP contribution in [0.2, 0.25) is 0 Å². The summed E-state index contributed by atoms with van der Waals surface area (Å²) in [6.07, 6.45) is 3.78. The van der Waals surface area contributed by atoms with Gasteiger partial charge >= 0.3 is 5.69 Å². The predicted octanol–water partition coefficient (Wildman–Crippen LogP) is 2.65. The number of aryl methyl sites for hydroxylation is 1. The number of nitrogens with zero attached hydrogens (tertiary/aromatic N) is 4. The van der Waals surface area contributed by atoms with Crippen molar-refractivity contribution in [3.8, 4) is 0 Å². The van der Waals surface area contributed by atoms with Crippen molar-refractivity contribution in [3.63, 3.8) is 0 Å². The molecule has 1 N–H and O–H groups in total. The monoisotopic (exact) mass is 295 g/mol. The molecule has 0 atom stereocenters. The molecule has 9 heteroatoms. The van der Waals surface area contributed by atoms with Crippen LogP contribution in [0, 0.1) is 17.0 Å². The first-order valence-corrected chi connectivity index (χ1v) is 6.77. The summed E-state index contributed by atoms with van der Waals surface area (Å²) in [5.41, 5.74) is 0.174. The smallest absolute Gasteiger partial charge is 0.323 e. The lowest BCUT2D eigenvalue weighted by Crippen LogP contribution is -2.08. The topological polar surface area (TPSA) is 107 Å². The van der Waals surface area contributed by atoms with Gasteiger partial charge in [-0.1, -0.05) is 6.92 Å². The quantitative estimate of drug-likeness (QED) is 0.492. The molecule has 0 aliphatic carbocycles. The van der Waals surface area contributed by atoms with Crippen LogP contribution in [-0.2, 0) is 0 Å². The van der Waals surface area contributed by atoms with Crippen molar-refractivity contribution in [2.75, 3.05) is 11.9 Å². The Kier molecular flexibility index (Phi) is 4.51. The summed E-state index contributed by atoms with van der Waals surface area (Å²) in [6, 6.07) is 0. The van der Waals surface area contributed by atoms with Crippen molar-refractivity contribution < 1.29 is 9.34 Å². The Labute approximate surface area is 119 Å². The first-order chi connectivity index (χ1) is 9.61. The zero-order valence-electron chi connectivity index (χ0n) is 11.0. The second-order valence-electron chi connectivity index (χ2n) is 3.87. The minimum absolute atomic E-state index is 0.129. The third-order valence-corrected chi connectivity index (χ3v) is 3.19. The number of anilines is 1. The van der Waals surface area contributed by atoms with Crippen LogP contribution in [0.25, 0.3) is 0 Å². The van der Waals surface area contributed by atoms with E-state index in [1.807, 2.05) is 6.92 Å². The summed E-state index contributed by atoms with van der Waals surface area (Å²) in [5, 5.41) is 14.7. The molecule has 0 fully saturated rings. The van der Waals surface area contributed by atoms with E-state index < -0.39 is 4.92 Å². The van der Waals surface area contributed by atoms with Crippen molar-refractivity contribution >= 4 is 23.4 Å². The van der Waals surface area contributed by atoms with E-state index in [-0.39, 0.29) is 10.7 Å². The van der Waals surface area contributed by atoms with Gasteiger partial charge in [-0.2, -0.15) is 4.98 Å². The molecular formula is C11H13N5O3S. The van der Waals surface area contributed by atoms with Crippen LogP contribution in [0.15, 0.2) is 27.1 Å². The molecule has 2 aromatic rings. The Balaban J connectivity index is 2.38. The standard InChI is InChI=1S/C11H13N5O3S/c1-3-4-12-10-14-7(2)8(16(17)18)9(15-10)20-11-13-5-6-19-11/h5-6H,3-4H2,1-2H3,(H,12,14,15). The zero-order valence-corrected chi connectivity index (χ0v) is 11.8. The highest BCUT2D eigenvalue weighted by Crippen LogP contribution is 2.34. The van der Waals surface area contributed by atoms with Crippen molar-refractivity contribution in [2.45, 2.75) is 30.5 Å². The normalized spacial score (nSPS) is 10.5. The van der Waals surface area contributed by atoms with Crippen LogP contribution in [0.1, 0.15) is 19.0 Å². The molecule has 0 aliphatic heterocycles.